The Morgan fingerprint density at radius 1 is 1.13 bits per heavy atom. The number of fused-ring (bicyclic) bond motifs is 1. The number of rotatable bonds is 4. The maximum Gasteiger partial charge on any atom is 0.261 e. The predicted molar refractivity (Wildman–Crippen MR) is 120 cm³/mol. The Bertz CT molecular complexity index is 1100. The van der Waals surface area contributed by atoms with Gasteiger partial charge in [-0.2, -0.15) is 0 Å². The van der Waals surface area contributed by atoms with Gasteiger partial charge in [0.15, 0.2) is 6.61 Å². The van der Waals surface area contributed by atoms with E-state index in [1.165, 1.54) is 22.3 Å². The highest BCUT2D eigenvalue weighted by molar-refractivity contribution is 7.10. The molecule has 9 heteroatoms. The minimum absolute atomic E-state index is 0.120. The smallest absolute Gasteiger partial charge is 0.261 e. The third-order valence-electron chi connectivity index (χ3n) is 4.59. The lowest BCUT2D eigenvalue weighted by atomic mass is 10.0. The van der Waals surface area contributed by atoms with Crippen molar-refractivity contribution in [3.05, 3.63) is 79.4 Å². The molecular formula is C21H15Cl3N2O3S. The Hall–Kier alpha value is -2.25. The number of nitrogens with zero attached hydrogens (tertiary/aromatic N) is 1. The van der Waals surface area contributed by atoms with E-state index in [9.17, 15) is 9.59 Å². The standard InChI is InChI=1S/C21H15Cl3N2O3S/c22-12-3-5-16-14(8-12)21(18-2-1-7-30-18)26(10-19(27)25-16)20(28)11-29-17-6-4-13(23)9-15(17)24/h1-9,21H,10-11H2,(H,25,27). The van der Waals surface area contributed by atoms with E-state index in [-0.39, 0.29) is 25.0 Å². The summed E-state index contributed by atoms with van der Waals surface area (Å²) in [5, 5.41) is 6.06. The highest BCUT2D eigenvalue weighted by atomic mass is 35.5. The summed E-state index contributed by atoms with van der Waals surface area (Å²) in [5.41, 5.74) is 1.37. The fraction of sp³-hybridized carbons (Fsp3) is 0.143. The molecule has 1 aliphatic rings. The molecular weight excluding hydrogens is 467 g/mol. The highest BCUT2D eigenvalue weighted by Gasteiger charge is 2.34. The van der Waals surface area contributed by atoms with E-state index in [2.05, 4.69) is 5.32 Å². The van der Waals surface area contributed by atoms with Crippen molar-refractivity contribution in [1.29, 1.82) is 0 Å². The molecule has 2 amide bonds. The Balaban J connectivity index is 1.67. The van der Waals surface area contributed by atoms with E-state index in [4.69, 9.17) is 39.5 Å². The summed E-state index contributed by atoms with van der Waals surface area (Å²) < 4.78 is 5.62. The van der Waals surface area contributed by atoms with Crippen LogP contribution in [0.3, 0.4) is 0 Å². The molecule has 5 nitrogen and oxygen atoms in total. The van der Waals surface area contributed by atoms with E-state index in [0.717, 1.165) is 10.4 Å². The van der Waals surface area contributed by atoms with E-state index in [1.54, 1.807) is 30.3 Å². The second-order valence-corrected chi connectivity index (χ2v) is 8.84. The lowest BCUT2D eigenvalue weighted by Gasteiger charge is -2.29. The molecule has 30 heavy (non-hydrogen) atoms. The van der Waals surface area contributed by atoms with E-state index >= 15 is 0 Å². The highest BCUT2D eigenvalue weighted by Crippen LogP contribution is 2.39. The largest absolute Gasteiger partial charge is 0.482 e. The van der Waals surface area contributed by atoms with Gasteiger partial charge < -0.3 is 15.0 Å². The lowest BCUT2D eigenvalue weighted by Crippen LogP contribution is -2.41. The van der Waals surface area contributed by atoms with Gasteiger partial charge in [-0.1, -0.05) is 40.9 Å². The van der Waals surface area contributed by atoms with Gasteiger partial charge in [-0.15, -0.1) is 11.3 Å². The number of halogens is 3. The van der Waals surface area contributed by atoms with Crippen LogP contribution in [-0.4, -0.2) is 29.9 Å². The molecule has 0 radical (unpaired) electrons. The second kappa shape index (κ2) is 8.86. The molecule has 0 saturated heterocycles. The molecule has 4 rings (SSSR count). The van der Waals surface area contributed by atoms with Crippen molar-refractivity contribution in [2.75, 3.05) is 18.5 Å². The van der Waals surface area contributed by atoms with Crippen molar-refractivity contribution in [2.45, 2.75) is 6.04 Å². The molecule has 1 aromatic heterocycles. The van der Waals surface area contributed by atoms with Crippen LogP contribution in [0, 0.1) is 0 Å². The van der Waals surface area contributed by atoms with Crippen molar-refractivity contribution in [2.24, 2.45) is 0 Å². The monoisotopic (exact) mass is 480 g/mol. The van der Waals surface area contributed by atoms with Crippen molar-refractivity contribution in [3.63, 3.8) is 0 Å². The van der Waals surface area contributed by atoms with Crippen molar-refractivity contribution < 1.29 is 14.3 Å². The first kappa shape index (κ1) is 21.0. The minimum Gasteiger partial charge on any atom is -0.482 e. The zero-order valence-electron chi connectivity index (χ0n) is 15.4. The SMILES string of the molecule is O=C1CN(C(=O)COc2ccc(Cl)cc2Cl)C(c2cccs2)c2cc(Cl)ccc2N1. The summed E-state index contributed by atoms with van der Waals surface area (Å²) in [6.45, 7) is -0.405. The third-order valence-corrected chi connectivity index (χ3v) is 6.28. The number of hydrogen-bond donors (Lipinski definition) is 1. The number of hydrogen-bond acceptors (Lipinski definition) is 4. The second-order valence-electron chi connectivity index (χ2n) is 6.58. The van der Waals surface area contributed by atoms with Gasteiger partial charge in [-0.05, 0) is 47.8 Å². The zero-order chi connectivity index (χ0) is 21.3. The lowest BCUT2D eigenvalue weighted by molar-refractivity contribution is -0.138. The van der Waals surface area contributed by atoms with Gasteiger partial charge in [0, 0.05) is 26.2 Å². The topological polar surface area (TPSA) is 58.6 Å². The van der Waals surface area contributed by atoms with Gasteiger partial charge in [-0.3, -0.25) is 9.59 Å². The number of carbonyl (C=O) groups excluding carboxylic acids is 2. The van der Waals surface area contributed by atoms with Crippen LogP contribution in [0.15, 0.2) is 53.9 Å². The summed E-state index contributed by atoms with van der Waals surface area (Å²) in [6.07, 6.45) is 0. The predicted octanol–water partition coefficient (Wildman–Crippen LogP) is 5.66. The number of benzene rings is 2. The van der Waals surface area contributed by atoms with Gasteiger partial charge >= 0.3 is 0 Å². The molecule has 1 atom stereocenters. The fourth-order valence-electron chi connectivity index (χ4n) is 3.28. The van der Waals surface area contributed by atoms with Crippen LogP contribution in [0.5, 0.6) is 5.75 Å². The molecule has 1 unspecified atom stereocenters. The Labute approximate surface area is 192 Å². The maximum absolute atomic E-state index is 13.2. The number of amides is 2. The molecule has 0 aliphatic carbocycles. The van der Waals surface area contributed by atoms with Crippen LogP contribution < -0.4 is 10.1 Å². The van der Waals surface area contributed by atoms with Crippen molar-refractivity contribution in [1.82, 2.24) is 4.90 Å². The Morgan fingerprint density at radius 2 is 1.90 bits per heavy atom. The van der Waals surface area contributed by atoms with Crippen molar-refractivity contribution in [3.8, 4) is 5.75 Å². The Kier molecular flexibility index (Phi) is 6.20. The average molecular weight is 482 g/mol. The molecule has 0 spiro atoms. The summed E-state index contributed by atoms with van der Waals surface area (Å²) in [7, 11) is 0. The summed E-state index contributed by atoms with van der Waals surface area (Å²) in [4.78, 5) is 28.1. The van der Waals surface area contributed by atoms with Gasteiger partial charge in [0.2, 0.25) is 5.91 Å². The first-order chi connectivity index (χ1) is 14.4. The summed E-state index contributed by atoms with van der Waals surface area (Å²) in [5.74, 6) is -0.317. The summed E-state index contributed by atoms with van der Waals surface area (Å²) >= 11 is 19.8. The number of nitrogens with one attached hydrogen (secondary N) is 1. The van der Waals surface area contributed by atoms with Gasteiger partial charge in [-0.25, -0.2) is 0 Å². The number of ether oxygens (including phenoxy) is 1. The third kappa shape index (κ3) is 4.42. The van der Waals surface area contributed by atoms with Gasteiger partial charge in [0.25, 0.3) is 5.91 Å². The van der Waals surface area contributed by atoms with Gasteiger partial charge in [0.05, 0.1) is 11.1 Å². The molecule has 2 aromatic carbocycles. The van der Waals surface area contributed by atoms with E-state index in [0.29, 0.717) is 26.5 Å². The Morgan fingerprint density at radius 3 is 2.63 bits per heavy atom. The van der Waals surface area contributed by atoms with Crippen LogP contribution in [0.25, 0.3) is 0 Å². The molecule has 3 aromatic rings. The first-order valence-corrected chi connectivity index (χ1v) is 10.9. The van der Waals surface area contributed by atoms with Crippen LogP contribution >= 0.6 is 46.1 Å². The number of anilines is 1. The molecule has 1 N–H and O–H groups in total. The molecule has 2 heterocycles. The quantitative estimate of drug-likeness (QED) is 0.523. The molecule has 0 fully saturated rings. The van der Waals surface area contributed by atoms with Crippen LogP contribution in [0.4, 0.5) is 5.69 Å². The molecule has 1 aliphatic heterocycles. The molecule has 0 saturated carbocycles. The normalized spacial score (nSPS) is 15.9. The number of thiophene rings is 1. The van der Waals surface area contributed by atoms with Crippen molar-refractivity contribution >= 4 is 63.6 Å². The minimum atomic E-state index is -0.477. The average Bonchev–Trinajstić information content (AvgIpc) is 3.18. The van der Waals surface area contributed by atoms with E-state index < -0.39 is 6.04 Å². The number of carbonyl (C=O) groups is 2. The fourth-order valence-corrected chi connectivity index (χ4v) is 4.78. The zero-order valence-corrected chi connectivity index (χ0v) is 18.5. The van der Waals surface area contributed by atoms with Crippen LogP contribution in [0.2, 0.25) is 15.1 Å². The molecule has 0 bridgehead atoms. The van der Waals surface area contributed by atoms with Gasteiger partial charge in [0.1, 0.15) is 12.3 Å². The van der Waals surface area contributed by atoms with Crippen LogP contribution in [0.1, 0.15) is 16.5 Å². The van der Waals surface area contributed by atoms with E-state index in [1.807, 2.05) is 17.5 Å². The summed E-state index contributed by atoms with van der Waals surface area (Å²) in [6, 6.07) is 13.3. The van der Waals surface area contributed by atoms with Crippen LogP contribution in [-0.2, 0) is 9.59 Å². The maximum atomic E-state index is 13.2. The molecule has 154 valence electrons. The first-order valence-electron chi connectivity index (χ1n) is 8.92.